The number of nitrogens with one attached hydrogen (secondary N) is 3. The number of carbonyl (C=O) groups is 1. The number of anilines is 1. The Kier molecular flexibility index (Phi) is 6.20. The lowest BCUT2D eigenvalue weighted by atomic mass is 9.91. The molecule has 0 aliphatic heterocycles. The van der Waals surface area contributed by atoms with Gasteiger partial charge in [-0.2, -0.15) is 0 Å². The van der Waals surface area contributed by atoms with Crippen molar-refractivity contribution in [2.45, 2.75) is 37.8 Å². The van der Waals surface area contributed by atoms with Crippen LogP contribution in [-0.4, -0.2) is 58.5 Å². The first-order valence-corrected chi connectivity index (χ1v) is 10.7. The average molecular weight is 427 g/mol. The molecule has 0 spiro atoms. The number of pyridine rings is 2. The zero-order chi connectivity index (χ0) is 21.1. The Hall–Kier alpha value is -2.64. The van der Waals surface area contributed by atoms with E-state index in [4.69, 9.17) is 16.6 Å². The lowest BCUT2D eigenvalue weighted by Crippen LogP contribution is -2.44. The lowest BCUT2D eigenvalue weighted by Gasteiger charge is -2.31. The molecule has 4 rings (SSSR count). The number of rotatable bonds is 6. The second kappa shape index (κ2) is 9.02. The molecule has 1 aliphatic carbocycles. The zero-order valence-corrected chi connectivity index (χ0v) is 18.0. The molecule has 3 aromatic heterocycles. The van der Waals surface area contributed by atoms with Gasteiger partial charge in [-0.25, -0.2) is 9.97 Å². The molecule has 3 heterocycles. The topological polar surface area (TPSA) is 85.9 Å². The summed E-state index contributed by atoms with van der Waals surface area (Å²) in [5.74, 6) is 0.822. The third-order valence-electron chi connectivity index (χ3n) is 5.37. The van der Waals surface area contributed by atoms with Crippen LogP contribution in [0, 0.1) is 0 Å². The number of H-pyrrole nitrogens is 1. The lowest BCUT2D eigenvalue weighted by molar-refractivity contribution is -0.122. The molecule has 0 radical (unpaired) electrons. The number of hydrogen-bond acceptors (Lipinski definition) is 5. The Morgan fingerprint density at radius 3 is 2.97 bits per heavy atom. The molecule has 2 atom stereocenters. The molecule has 158 valence electrons. The van der Waals surface area contributed by atoms with Crippen LogP contribution in [0.25, 0.3) is 22.3 Å². The summed E-state index contributed by atoms with van der Waals surface area (Å²) in [6.45, 7) is 0.410. The standard InChI is InChI=1S/C22H27ClN6O/c1-29(2)13-21(30)27-16-6-3-5-15(11-16)26-20-10-14(23)9-19(28-20)18-12-25-22-17(18)7-4-8-24-22/h4,7-10,12,15-16H,3,5-6,11,13H2,1-2H3,(H,24,25)(H,26,28)(H,27,30). The molecule has 1 fully saturated rings. The first-order chi connectivity index (χ1) is 14.5. The van der Waals surface area contributed by atoms with Gasteiger partial charge in [0.15, 0.2) is 0 Å². The Morgan fingerprint density at radius 2 is 2.13 bits per heavy atom. The van der Waals surface area contributed by atoms with Crippen LogP contribution in [0.3, 0.4) is 0 Å². The third kappa shape index (κ3) is 4.91. The highest BCUT2D eigenvalue weighted by atomic mass is 35.5. The fraction of sp³-hybridized carbons (Fsp3) is 0.409. The number of hydrogen-bond donors (Lipinski definition) is 3. The van der Waals surface area contributed by atoms with Crippen molar-refractivity contribution < 1.29 is 4.79 Å². The predicted molar refractivity (Wildman–Crippen MR) is 121 cm³/mol. The molecule has 0 bridgehead atoms. The fourth-order valence-corrected chi connectivity index (χ4v) is 4.31. The number of nitrogens with zero attached hydrogens (tertiary/aromatic N) is 3. The number of fused-ring (bicyclic) bond motifs is 1. The van der Waals surface area contributed by atoms with Gasteiger partial charge in [-0.15, -0.1) is 0 Å². The van der Waals surface area contributed by atoms with Gasteiger partial charge in [0, 0.05) is 40.4 Å². The maximum absolute atomic E-state index is 12.1. The van der Waals surface area contributed by atoms with Crippen LogP contribution in [0.15, 0.2) is 36.7 Å². The summed E-state index contributed by atoms with van der Waals surface area (Å²) < 4.78 is 0. The molecule has 7 nitrogen and oxygen atoms in total. The smallest absolute Gasteiger partial charge is 0.234 e. The summed E-state index contributed by atoms with van der Waals surface area (Å²) in [6.07, 6.45) is 7.66. The van der Waals surface area contributed by atoms with Gasteiger partial charge in [-0.1, -0.05) is 11.6 Å². The maximum atomic E-state index is 12.1. The van der Waals surface area contributed by atoms with E-state index in [1.54, 1.807) is 6.20 Å². The van der Waals surface area contributed by atoms with Crippen LogP contribution in [-0.2, 0) is 4.79 Å². The number of aromatic amines is 1. The number of amides is 1. The van der Waals surface area contributed by atoms with Crippen LogP contribution < -0.4 is 10.6 Å². The maximum Gasteiger partial charge on any atom is 0.234 e. The monoisotopic (exact) mass is 426 g/mol. The molecule has 1 amide bonds. The highest BCUT2D eigenvalue weighted by Gasteiger charge is 2.24. The molecule has 1 saturated carbocycles. The minimum Gasteiger partial charge on any atom is -0.367 e. The van der Waals surface area contributed by atoms with E-state index in [-0.39, 0.29) is 18.0 Å². The fourth-order valence-electron chi connectivity index (χ4n) is 4.10. The second-order valence-electron chi connectivity index (χ2n) is 8.17. The van der Waals surface area contributed by atoms with E-state index in [1.165, 1.54) is 0 Å². The van der Waals surface area contributed by atoms with Gasteiger partial charge in [0.25, 0.3) is 0 Å². The van der Waals surface area contributed by atoms with Crippen molar-refractivity contribution in [2.24, 2.45) is 0 Å². The molecular formula is C22H27ClN6O. The van der Waals surface area contributed by atoms with Crippen LogP contribution >= 0.6 is 11.6 Å². The highest BCUT2D eigenvalue weighted by molar-refractivity contribution is 6.31. The van der Waals surface area contributed by atoms with Crippen molar-refractivity contribution in [3.63, 3.8) is 0 Å². The van der Waals surface area contributed by atoms with Gasteiger partial charge in [0.05, 0.1) is 12.2 Å². The quantitative estimate of drug-likeness (QED) is 0.559. The minimum atomic E-state index is 0.0711. The Labute approximate surface area is 181 Å². The summed E-state index contributed by atoms with van der Waals surface area (Å²) in [7, 11) is 3.80. The van der Waals surface area contributed by atoms with E-state index < -0.39 is 0 Å². The van der Waals surface area contributed by atoms with Crippen molar-refractivity contribution in [1.29, 1.82) is 0 Å². The SMILES string of the molecule is CN(C)CC(=O)NC1CCCC(Nc2cc(Cl)cc(-c3c[nH]c4ncccc34)n2)C1. The Balaban J connectivity index is 1.48. The van der Waals surface area contributed by atoms with Crippen molar-refractivity contribution in [3.05, 3.63) is 41.7 Å². The van der Waals surface area contributed by atoms with Gasteiger partial charge in [0.2, 0.25) is 5.91 Å². The Bertz CT molecular complexity index is 1030. The summed E-state index contributed by atoms with van der Waals surface area (Å²) in [4.78, 5) is 26.3. The van der Waals surface area contributed by atoms with Crippen LogP contribution in [0.5, 0.6) is 0 Å². The third-order valence-corrected chi connectivity index (χ3v) is 5.59. The molecule has 30 heavy (non-hydrogen) atoms. The summed E-state index contributed by atoms with van der Waals surface area (Å²) in [5.41, 5.74) is 2.60. The average Bonchev–Trinajstić information content (AvgIpc) is 3.11. The van der Waals surface area contributed by atoms with Crippen LogP contribution in [0.2, 0.25) is 5.02 Å². The first-order valence-electron chi connectivity index (χ1n) is 10.3. The summed E-state index contributed by atoms with van der Waals surface area (Å²) in [5, 5.41) is 8.33. The van der Waals surface area contributed by atoms with Crippen LogP contribution in [0.1, 0.15) is 25.7 Å². The largest absolute Gasteiger partial charge is 0.367 e. The minimum absolute atomic E-state index is 0.0711. The number of halogens is 1. The van der Waals surface area contributed by atoms with Crippen molar-refractivity contribution >= 4 is 34.4 Å². The molecule has 1 aliphatic rings. The van der Waals surface area contributed by atoms with Crippen molar-refractivity contribution in [2.75, 3.05) is 26.0 Å². The van der Waals surface area contributed by atoms with Gasteiger partial charge < -0.3 is 20.5 Å². The molecule has 3 N–H and O–H groups in total. The van der Waals surface area contributed by atoms with Gasteiger partial charge in [0.1, 0.15) is 11.5 Å². The molecular weight excluding hydrogens is 400 g/mol. The highest BCUT2D eigenvalue weighted by Crippen LogP contribution is 2.30. The van der Waals surface area contributed by atoms with Gasteiger partial charge in [-0.3, -0.25) is 4.79 Å². The number of likely N-dealkylation sites (N-methyl/N-ethyl adjacent to an activating group) is 1. The molecule has 0 aromatic carbocycles. The number of aromatic nitrogens is 3. The summed E-state index contributed by atoms with van der Waals surface area (Å²) >= 11 is 6.41. The van der Waals surface area contributed by atoms with E-state index in [0.29, 0.717) is 11.6 Å². The van der Waals surface area contributed by atoms with E-state index in [0.717, 1.165) is 53.8 Å². The van der Waals surface area contributed by atoms with Crippen LogP contribution in [0.4, 0.5) is 5.82 Å². The van der Waals surface area contributed by atoms with E-state index in [1.807, 2.05) is 49.5 Å². The second-order valence-corrected chi connectivity index (χ2v) is 8.60. The van der Waals surface area contributed by atoms with E-state index >= 15 is 0 Å². The van der Waals surface area contributed by atoms with E-state index in [2.05, 4.69) is 20.6 Å². The molecule has 8 heteroatoms. The zero-order valence-electron chi connectivity index (χ0n) is 17.3. The predicted octanol–water partition coefficient (Wildman–Crippen LogP) is 3.68. The van der Waals surface area contributed by atoms with Gasteiger partial charge in [-0.05, 0) is 64.0 Å². The Morgan fingerprint density at radius 1 is 1.30 bits per heavy atom. The normalized spacial score (nSPS) is 19.2. The van der Waals surface area contributed by atoms with E-state index in [9.17, 15) is 4.79 Å². The number of carbonyl (C=O) groups excluding carboxylic acids is 1. The molecule has 3 aromatic rings. The summed E-state index contributed by atoms with van der Waals surface area (Å²) in [6, 6.07) is 8.08. The molecule has 2 unspecified atom stereocenters. The first kappa shape index (κ1) is 20.6. The van der Waals surface area contributed by atoms with Crippen molar-refractivity contribution in [1.82, 2.24) is 25.2 Å². The van der Waals surface area contributed by atoms with Gasteiger partial charge >= 0.3 is 0 Å². The van der Waals surface area contributed by atoms with Crippen molar-refractivity contribution in [3.8, 4) is 11.3 Å². The molecule has 0 saturated heterocycles.